The van der Waals surface area contributed by atoms with Gasteiger partial charge in [0.25, 0.3) is 0 Å². The molecule has 122 valence electrons. The number of piperidine rings is 1. The number of likely N-dealkylation sites (tertiary alicyclic amines) is 1. The second kappa shape index (κ2) is 7.03. The van der Waals surface area contributed by atoms with Gasteiger partial charge in [0.1, 0.15) is 0 Å². The van der Waals surface area contributed by atoms with Crippen molar-refractivity contribution >= 4 is 5.96 Å². The fourth-order valence-electron chi connectivity index (χ4n) is 2.50. The fourth-order valence-corrected chi connectivity index (χ4v) is 2.50. The molecule has 0 aromatic heterocycles. The lowest BCUT2D eigenvalue weighted by Gasteiger charge is -2.31. The van der Waals surface area contributed by atoms with Crippen molar-refractivity contribution in [1.82, 2.24) is 4.90 Å². The zero-order valence-electron chi connectivity index (χ0n) is 12.7. The van der Waals surface area contributed by atoms with E-state index in [9.17, 15) is 13.2 Å². The number of nitrogens with zero attached hydrogens (tertiary/aromatic N) is 2. The van der Waals surface area contributed by atoms with Crippen LogP contribution in [0.3, 0.4) is 0 Å². The summed E-state index contributed by atoms with van der Waals surface area (Å²) in [5, 5.41) is 0. The van der Waals surface area contributed by atoms with Gasteiger partial charge in [0.15, 0.2) is 5.96 Å². The van der Waals surface area contributed by atoms with Crippen LogP contribution in [0, 0.1) is 5.92 Å². The highest BCUT2D eigenvalue weighted by atomic mass is 19.4. The molecule has 3 nitrogen and oxygen atoms in total. The monoisotopic (exact) mass is 313 g/mol. The highest BCUT2D eigenvalue weighted by molar-refractivity contribution is 5.78. The Labute approximate surface area is 129 Å². The Morgan fingerprint density at radius 3 is 2.36 bits per heavy atom. The van der Waals surface area contributed by atoms with Gasteiger partial charge in [0.05, 0.1) is 5.56 Å². The molecule has 1 fully saturated rings. The zero-order chi connectivity index (χ0) is 16.2. The van der Waals surface area contributed by atoms with Gasteiger partial charge in [-0.05, 0) is 42.9 Å². The van der Waals surface area contributed by atoms with Gasteiger partial charge in [-0.25, -0.2) is 0 Å². The van der Waals surface area contributed by atoms with Gasteiger partial charge in [0, 0.05) is 19.6 Å². The number of aliphatic imine (C=N–C) groups is 1. The van der Waals surface area contributed by atoms with Crippen LogP contribution < -0.4 is 5.73 Å². The van der Waals surface area contributed by atoms with Crippen LogP contribution in [0.2, 0.25) is 0 Å². The Morgan fingerprint density at radius 1 is 1.23 bits per heavy atom. The van der Waals surface area contributed by atoms with Crippen LogP contribution in [-0.4, -0.2) is 30.5 Å². The third-order valence-electron chi connectivity index (χ3n) is 4.06. The van der Waals surface area contributed by atoms with E-state index in [2.05, 4.69) is 16.8 Å². The summed E-state index contributed by atoms with van der Waals surface area (Å²) in [5.41, 5.74) is 6.17. The molecule has 0 spiro atoms. The van der Waals surface area contributed by atoms with E-state index >= 15 is 0 Å². The van der Waals surface area contributed by atoms with E-state index < -0.39 is 11.7 Å². The molecule has 0 aliphatic carbocycles. The van der Waals surface area contributed by atoms with Gasteiger partial charge in [0.2, 0.25) is 0 Å². The number of hydrogen-bond donors (Lipinski definition) is 1. The summed E-state index contributed by atoms with van der Waals surface area (Å²) in [6.07, 6.45) is -1.46. The Kier molecular flexibility index (Phi) is 5.32. The number of benzene rings is 1. The Hall–Kier alpha value is -1.72. The predicted octanol–water partition coefficient (Wildman–Crippen LogP) is 3.29. The Morgan fingerprint density at radius 2 is 1.82 bits per heavy atom. The highest BCUT2D eigenvalue weighted by Crippen LogP contribution is 2.29. The summed E-state index contributed by atoms with van der Waals surface area (Å²) in [5.74, 6) is 1.27. The number of guanidine groups is 1. The van der Waals surface area contributed by atoms with Gasteiger partial charge in [-0.2, -0.15) is 13.2 Å². The topological polar surface area (TPSA) is 41.6 Å². The summed E-state index contributed by atoms with van der Waals surface area (Å²) in [6, 6.07) is 5.21. The van der Waals surface area contributed by atoms with Gasteiger partial charge < -0.3 is 10.6 Å². The lowest BCUT2D eigenvalue weighted by atomic mass is 10.00. The molecule has 0 amide bonds. The molecular formula is C16H22F3N3. The quantitative estimate of drug-likeness (QED) is 0.687. The van der Waals surface area contributed by atoms with Gasteiger partial charge in [-0.1, -0.05) is 19.1 Å². The smallest absolute Gasteiger partial charge is 0.370 e. The van der Waals surface area contributed by atoms with E-state index in [1.165, 1.54) is 12.1 Å². The first-order valence-electron chi connectivity index (χ1n) is 7.57. The van der Waals surface area contributed by atoms with Crippen molar-refractivity contribution in [1.29, 1.82) is 0 Å². The fraction of sp³-hybridized carbons (Fsp3) is 0.562. The van der Waals surface area contributed by atoms with Crippen LogP contribution >= 0.6 is 0 Å². The summed E-state index contributed by atoms with van der Waals surface area (Å²) < 4.78 is 37.4. The average Bonchev–Trinajstić information content (AvgIpc) is 2.47. The van der Waals surface area contributed by atoms with E-state index in [-0.39, 0.29) is 0 Å². The number of nitrogens with two attached hydrogens (primary N) is 1. The second-order valence-corrected chi connectivity index (χ2v) is 5.85. The molecule has 0 unspecified atom stereocenters. The Bertz CT molecular complexity index is 500. The first-order chi connectivity index (χ1) is 10.4. The van der Waals surface area contributed by atoms with Gasteiger partial charge >= 0.3 is 6.18 Å². The SMILES string of the molecule is CC1CCN(C(N)=NCCc2ccc(C(F)(F)F)cc2)CC1. The van der Waals surface area contributed by atoms with Crippen molar-refractivity contribution < 1.29 is 13.2 Å². The molecule has 1 aliphatic heterocycles. The van der Waals surface area contributed by atoms with Crippen LogP contribution in [-0.2, 0) is 12.6 Å². The predicted molar refractivity (Wildman–Crippen MR) is 81.6 cm³/mol. The molecule has 1 aromatic carbocycles. The number of rotatable bonds is 3. The van der Waals surface area contributed by atoms with E-state index in [1.807, 2.05) is 0 Å². The van der Waals surface area contributed by atoms with Crippen LogP contribution in [0.15, 0.2) is 29.3 Å². The minimum absolute atomic E-state index is 0.489. The van der Waals surface area contributed by atoms with E-state index in [1.54, 1.807) is 0 Å². The van der Waals surface area contributed by atoms with Crippen LogP contribution in [0.5, 0.6) is 0 Å². The van der Waals surface area contributed by atoms with Crippen molar-refractivity contribution in [2.45, 2.75) is 32.4 Å². The molecule has 2 rings (SSSR count). The van der Waals surface area contributed by atoms with Crippen molar-refractivity contribution in [3.8, 4) is 0 Å². The molecule has 0 bridgehead atoms. The molecule has 6 heteroatoms. The maximum absolute atomic E-state index is 12.5. The van der Waals surface area contributed by atoms with Crippen molar-refractivity contribution in [3.05, 3.63) is 35.4 Å². The van der Waals surface area contributed by atoms with Crippen molar-refractivity contribution in [2.75, 3.05) is 19.6 Å². The maximum Gasteiger partial charge on any atom is 0.416 e. The average molecular weight is 313 g/mol. The van der Waals surface area contributed by atoms with E-state index in [0.717, 1.165) is 49.5 Å². The summed E-state index contributed by atoms with van der Waals surface area (Å²) in [4.78, 5) is 6.41. The first-order valence-corrected chi connectivity index (χ1v) is 7.57. The minimum Gasteiger partial charge on any atom is -0.370 e. The van der Waals surface area contributed by atoms with Crippen molar-refractivity contribution in [3.63, 3.8) is 0 Å². The lowest BCUT2D eigenvalue weighted by Crippen LogP contribution is -2.42. The van der Waals surface area contributed by atoms with E-state index in [4.69, 9.17) is 5.73 Å². The summed E-state index contributed by atoms with van der Waals surface area (Å²) in [6.45, 7) is 4.58. The summed E-state index contributed by atoms with van der Waals surface area (Å²) >= 11 is 0. The molecule has 1 aromatic rings. The molecular weight excluding hydrogens is 291 g/mol. The number of halogens is 3. The lowest BCUT2D eigenvalue weighted by molar-refractivity contribution is -0.137. The molecule has 0 atom stereocenters. The third-order valence-corrected chi connectivity index (χ3v) is 4.06. The molecule has 1 saturated heterocycles. The Balaban J connectivity index is 1.83. The normalized spacial score (nSPS) is 17.8. The second-order valence-electron chi connectivity index (χ2n) is 5.85. The number of alkyl halides is 3. The standard InChI is InChI=1S/C16H22F3N3/c1-12-7-10-22(11-8-12)15(20)21-9-6-13-2-4-14(5-3-13)16(17,18)19/h2-5,12H,6-11H2,1H3,(H2,20,21). The molecule has 1 heterocycles. The number of hydrogen-bond acceptors (Lipinski definition) is 1. The van der Waals surface area contributed by atoms with Gasteiger partial charge in [-0.15, -0.1) is 0 Å². The molecule has 1 aliphatic rings. The van der Waals surface area contributed by atoms with Crippen LogP contribution in [0.25, 0.3) is 0 Å². The zero-order valence-corrected chi connectivity index (χ0v) is 12.7. The molecule has 22 heavy (non-hydrogen) atoms. The molecule has 0 saturated carbocycles. The van der Waals surface area contributed by atoms with Crippen molar-refractivity contribution in [2.24, 2.45) is 16.6 Å². The highest BCUT2D eigenvalue weighted by Gasteiger charge is 2.29. The molecule has 0 radical (unpaired) electrons. The van der Waals surface area contributed by atoms with E-state index in [0.29, 0.717) is 18.9 Å². The third kappa shape index (κ3) is 4.64. The van der Waals surface area contributed by atoms with Crippen LogP contribution in [0.4, 0.5) is 13.2 Å². The largest absolute Gasteiger partial charge is 0.416 e. The first kappa shape index (κ1) is 16.6. The van der Waals surface area contributed by atoms with Gasteiger partial charge in [-0.3, -0.25) is 4.99 Å². The molecule has 2 N–H and O–H groups in total. The van der Waals surface area contributed by atoms with Crippen LogP contribution in [0.1, 0.15) is 30.9 Å². The maximum atomic E-state index is 12.5. The summed E-state index contributed by atoms with van der Waals surface area (Å²) in [7, 11) is 0. The minimum atomic E-state index is -4.29.